The number of unbranched alkanes of at least 4 members (excludes halogenated alkanes) is 6. The van der Waals surface area contributed by atoms with Gasteiger partial charge >= 0.3 is 23.9 Å². The van der Waals surface area contributed by atoms with E-state index in [0.717, 1.165) is 38.5 Å². The molecule has 0 aliphatic rings. The molecule has 0 unspecified atom stereocenters. The third-order valence-electron chi connectivity index (χ3n) is 8.80. The fraction of sp³-hybridized carbons (Fsp3) is 0.255. The first-order chi connectivity index (χ1) is 28.3. The summed E-state index contributed by atoms with van der Waals surface area (Å²) in [6.07, 6.45) is 8.83. The number of carbonyl (C=O) groups is 4. The van der Waals surface area contributed by atoms with Gasteiger partial charge in [-0.25, -0.2) is 19.2 Å². The molecule has 0 atom stereocenters. The highest BCUT2D eigenvalue weighted by Gasteiger charge is 2.18. The predicted octanol–water partition coefficient (Wildman–Crippen LogP) is 10.4. The third kappa shape index (κ3) is 12.8. The summed E-state index contributed by atoms with van der Waals surface area (Å²) in [4.78, 5) is 51.5. The van der Waals surface area contributed by atoms with Crippen LogP contribution in [0.2, 0.25) is 0 Å². The average Bonchev–Trinajstić information content (AvgIpc) is 3.25. The lowest BCUT2D eigenvalue weighted by molar-refractivity contribution is 0.0713. The molecule has 5 aromatic rings. The zero-order valence-corrected chi connectivity index (χ0v) is 32.6. The van der Waals surface area contributed by atoms with Gasteiger partial charge in [0.25, 0.3) is 0 Å². The van der Waals surface area contributed by atoms with Crippen molar-refractivity contribution in [3.05, 3.63) is 143 Å². The Hall–Kier alpha value is -6.93. The Labute approximate surface area is 338 Å². The SMILES string of the molecule is CCCCCCOc1ccc(OC(=O)c2ccc(C(=O)Oc3ccc(C#N)c(OC(=O)c4ccc(C(=O)Oc5ccc(OCCCCCC)cc5)cc4)c3)cc2)cc1. The quantitative estimate of drug-likeness (QED) is 0.0422. The standard InChI is InChI=1S/C47H45NO10/c1-3-5-7-9-29-53-38-21-25-40(26-22-38)55-44(49)33-11-13-35(14-12-33)46(51)57-42-20-19-37(32-48)43(31-42)58-47(52)36-17-15-34(16-18-36)45(50)56-41-27-23-39(24-28-41)54-30-10-8-6-4-2/h11-28,31H,3-10,29-30H2,1-2H3. The van der Waals surface area contributed by atoms with Gasteiger partial charge in [0.1, 0.15) is 34.8 Å². The van der Waals surface area contributed by atoms with Crippen molar-refractivity contribution in [2.75, 3.05) is 13.2 Å². The first kappa shape index (κ1) is 42.2. The molecule has 0 N–H and O–H groups in total. The summed E-state index contributed by atoms with van der Waals surface area (Å²) in [5.74, 6) is -0.867. The molecule has 0 saturated carbocycles. The number of nitriles is 1. The number of esters is 4. The van der Waals surface area contributed by atoms with Crippen LogP contribution >= 0.6 is 0 Å². The van der Waals surface area contributed by atoms with E-state index in [0.29, 0.717) is 36.2 Å². The van der Waals surface area contributed by atoms with Crippen LogP contribution < -0.4 is 28.4 Å². The maximum atomic E-state index is 13.0. The summed E-state index contributed by atoms with van der Waals surface area (Å²) >= 11 is 0. The Kier molecular flexibility index (Phi) is 16.0. The number of benzene rings is 5. The molecule has 5 rings (SSSR count). The zero-order chi connectivity index (χ0) is 41.1. The number of hydrogen-bond donors (Lipinski definition) is 0. The molecule has 0 spiro atoms. The summed E-state index contributed by atoms with van der Waals surface area (Å²) in [7, 11) is 0. The number of carbonyl (C=O) groups excluding carboxylic acids is 4. The summed E-state index contributed by atoms with van der Waals surface area (Å²) in [5, 5.41) is 9.63. The molecule has 0 aliphatic carbocycles. The topological polar surface area (TPSA) is 147 Å². The van der Waals surface area contributed by atoms with Gasteiger partial charge in [-0.2, -0.15) is 5.26 Å². The normalized spacial score (nSPS) is 10.5. The Morgan fingerprint density at radius 3 is 1.16 bits per heavy atom. The van der Waals surface area contributed by atoms with Crippen LogP contribution in [0.15, 0.2) is 115 Å². The van der Waals surface area contributed by atoms with Gasteiger partial charge in [-0.1, -0.05) is 52.4 Å². The monoisotopic (exact) mass is 783 g/mol. The van der Waals surface area contributed by atoms with Crippen LogP contribution in [-0.2, 0) is 0 Å². The lowest BCUT2D eigenvalue weighted by Crippen LogP contribution is -2.13. The largest absolute Gasteiger partial charge is 0.494 e. The fourth-order valence-corrected chi connectivity index (χ4v) is 5.53. The molecule has 298 valence electrons. The van der Waals surface area contributed by atoms with E-state index in [-0.39, 0.29) is 39.3 Å². The minimum atomic E-state index is -0.810. The molecular weight excluding hydrogens is 739 g/mol. The molecule has 0 heterocycles. The van der Waals surface area contributed by atoms with Gasteiger partial charge in [-0.15, -0.1) is 0 Å². The molecule has 5 aromatic carbocycles. The van der Waals surface area contributed by atoms with E-state index >= 15 is 0 Å². The van der Waals surface area contributed by atoms with Crippen molar-refractivity contribution in [2.24, 2.45) is 0 Å². The fourth-order valence-electron chi connectivity index (χ4n) is 5.53. The molecule has 0 radical (unpaired) electrons. The second-order valence-corrected chi connectivity index (χ2v) is 13.2. The molecule has 0 bridgehead atoms. The van der Waals surface area contributed by atoms with E-state index in [2.05, 4.69) is 13.8 Å². The van der Waals surface area contributed by atoms with Crippen molar-refractivity contribution < 1.29 is 47.6 Å². The van der Waals surface area contributed by atoms with Crippen LogP contribution in [-0.4, -0.2) is 37.1 Å². The van der Waals surface area contributed by atoms with Crippen molar-refractivity contribution in [2.45, 2.75) is 65.2 Å². The third-order valence-corrected chi connectivity index (χ3v) is 8.80. The van der Waals surface area contributed by atoms with Crippen LogP contribution in [0.3, 0.4) is 0 Å². The highest BCUT2D eigenvalue weighted by molar-refractivity contribution is 5.96. The van der Waals surface area contributed by atoms with Crippen molar-refractivity contribution in [3.63, 3.8) is 0 Å². The highest BCUT2D eigenvalue weighted by atomic mass is 16.6. The molecule has 11 nitrogen and oxygen atoms in total. The molecule has 58 heavy (non-hydrogen) atoms. The van der Waals surface area contributed by atoms with Crippen molar-refractivity contribution in [1.82, 2.24) is 0 Å². The second-order valence-electron chi connectivity index (χ2n) is 13.2. The molecule has 0 saturated heterocycles. The van der Waals surface area contributed by atoms with E-state index in [1.807, 2.05) is 6.07 Å². The Morgan fingerprint density at radius 2 is 0.776 bits per heavy atom. The summed E-state index contributed by atoms with van der Waals surface area (Å²) in [5.41, 5.74) is 0.676. The van der Waals surface area contributed by atoms with E-state index in [1.165, 1.54) is 79.6 Å². The van der Waals surface area contributed by atoms with E-state index in [1.54, 1.807) is 48.5 Å². The lowest BCUT2D eigenvalue weighted by atomic mass is 10.1. The number of rotatable bonds is 20. The van der Waals surface area contributed by atoms with Crippen molar-refractivity contribution in [3.8, 4) is 40.6 Å². The summed E-state index contributed by atoms with van der Waals surface area (Å²) in [6, 6.07) is 30.8. The van der Waals surface area contributed by atoms with Gasteiger partial charge in [0.05, 0.1) is 41.0 Å². The van der Waals surface area contributed by atoms with Crippen LogP contribution in [0.1, 0.15) is 112 Å². The minimum absolute atomic E-state index is 0.00772. The number of nitrogens with zero attached hydrogens (tertiary/aromatic N) is 1. The molecule has 0 aromatic heterocycles. The van der Waals surface area contributed by atoms with Crippen molar-refractivity contribution in [1.29, 1.82) is 5.26 Å². The second kappa shape index (κ2) is 22.0. The summed E-state index contributed by atoms with van der Waals surface area (Å²) < 4.78 is 33.4. The first-order valence-corrected chi connectivity index (χ1v) is 19.3. The minimum Gasteiger partial charge on any atom is -0.494 e. The Bertz CT molecular complexity index is 2170. The van der Waals surface area contributed by atoms with E-state index in [4.69, 9.17) is 28.4 Å². The van der Waals surface area contributed by atoms with Crippen LogP contribution in [0, 0.1) is 11.3 Å². The van der Waals surface area contributed by atoms with Gasteiger partial charge in [-0.3, -0.25) is 0 Å². The van der Waals surface area contributed by atoms with Crippen LogP contribution in [0.5, 0.6) is 34.5 Å². The van der Waals surface area contributed by atoms with Gasteiger partial charge in [0.15, 0.2) is 5.75 Å². The maximum Gasteiger partial charge on any atom is 0.343 e. The number of ether oxygens (including phenoxy) is 6. The van der Waals surface area contributed by atoms with Crippen molar-refractivity contribution >= 4 is 23.9 Å². The van der Waals surface area contributed by atoms with Crippen LogP contribution in [0.4, 0.5) is 0 Å². The number of hydrogen-bond acceptors (Lipinski definition) is 11. The summed E-state index contributed by atoms with van der Waals surface area (Å²) in [6.45, 7) is 5.55. The first-order valence-electron chi connectivity index (χ1n) is 19.3. The van der Waals surface area contributed by atoms with Gasteiger partial charge in [0, 0.05) is 6.07 Å². The van der Waals surface area contributed by atoms with Gasteiger partial charge in [0.2, 0.25) is 0 Å². The maximum absolute atomic E-state index is 13.0. The molecular formula is C47H45NO10. The Balaban J connectivity index is 1.11. The van der Waals surface area contributed by atoms with E-state index < -0.39 is 23.9 Å². The van der Waals surface area contributed by atoms with Gasteiger partial charge in [-0.05, 0) is 122 Å². The molecule has 0 aliphatic heterocycles. The predicted molar refractivity (Wildman–Crippen MR) is 216 cm³/mol. The molecule has 11 heteroatoms. The lowest BCUT2D eigenvalue weighted by Gasteiger charge is -2.10. The highest BCUT2D eigenvalue weighted by Crippen LogP contribution is 2.27. The molecule has 0 amide bonds. The molecule has 0 fully saturated rings. The van der Waals surface area contributed by atoms with Crippen LogP contribution in [0.25, 0.3) is 0 Å². The smallest absolute Gasteiger partial charge is 0.343 e. The zero-order valence-electron chi connectivity index (χ0n) is 32.6. The average molecular weight is 784 g/mol. The Morgan fingerprint density at radius 1 is 0.431 bits per heavy atom. The van der Waals surface area contributed by atoms with E-state index in [9.17, 15) is 24.4 Å². The van der Waals surface area contributed by atoms with Gasteiger partial charge < -0.3 is 28.4 Å².